The van der Waals surface area contributed by atoms with Gasteiger partial charge in [-0.05, 0) is 29.8 Å². The van der Waals surface area contributed by atoms with Gasteiger partial charge in [-0.15, -0.1) is 0 Å². The predicted molar refractivity (Wildman–Crippen MR) is 96.2 cm³/mol. The summed E-state index contributed by atoms with van der Waals surface area (Å²) in [6, 6.07) is 14.7. The second-order valence-electron chi connectivity index (χ2n) is 6.57. The Morgan fingerprint density at radius 3 is 2.41 bits per heavy atom. The molecule has 0 aromatic heterocycles. The lowest BCUT2D eigenvalue weighted by Crippen LogP contribution is -2.28. The summed E-state index contributed by atoms with van der Waals surface area (Å²) in [6.45, 7) is 0.580. The molecule has 0 aliphatic carbocycles. The largest absolute Gasteiger partial charge is 0.469 e. The molecule has 1 fully saturated rings. The van der Waals surface area contributed by atoms with E-state index >= 15 is 0 Å². The van der Waals surface area contributed by atoms with Crippen LogP contribution in [-0.4, -0.2) is 36.2 Å². The van der Waals surface area contributed by atoms with Gasteiger partial charge in [0.15, 0.2) is 5.78 Å². The predicted octanol–water partition coefficient (Wildman–Crippen LogP) is 2.85. The molecule has 1 aliphatic rings. The van der Waals surface area contributed by atoms with E-state index in [4.69, 9.17) is 4.74 Å². The van der Waals surface area contributed by atoms with Crippen molar-refractivity contribution in [1.82, 2.24) is 4.90 Å². The summed E-state index contributed by atoms with van der Waals surface area (Å²) in [5, 5.41) is 0. The molecule has 3 rings (SSSR count). The van der Waals surface area contributed by atoms with E-state index in [1.165, 1.54) is 31.4 Å². The molecular weight excluding hydrogens is 349 g/mol. The maximum atomic E-state index is 13.2. The number of halogens is 1. The van der Waals surface area contributed by atoms with Crippen LogP contribution in [0.1, 0.15) is 22.3 Å². The van der Waals surface area contributed by atoms with Crippen molar-refractivity contribution in [1.29, 1.82) is 0 Å². The first kappa shape index (κ1) is 18.8. The highest BCUT2D eigenvalue weighted by atomic mass is 19.1. The SMILES string of the molecule is COC(=O)C[C@@H]1C(=O)N(Cc2ccccc2)C[C@H]1C(=O)c1ccc(F)cc1. The Hall–Kier alpha value is -3.02. The Morgan fingerprint density at radius 1 is 1.11 bits per heavy atom. The van der Waals surface area contributed by atoms with E-state index in [0.29, 0.717) is 12.1 Å². The molecule has 0 radical (unpaired) electrons. The Labute approximate surface area is 156 Å². The second-order valence-corrected chi connectivity index (χ2v) is 6.57. The quantitative estimate of drug-likeness (QED) is 0.580. The van der Waals surface area contributed by atoms with Crippen LogP contribution in [0, 0.1) is 17.7 Å². The van der Waals surface area contributed by atoms with E-state index in [2.05, 4.69) is 0 Å². The zero-order chi connectivity index (χ0) is 19.4. The van der Waals surface area contributed by atoms with Crippen molar-refractivity contribution >= 4 is 17.7 Å². The molecular formula is C21H20FNO4. The van der Waals surface area contributed by atoms with Crippen LogP contribution in [0.5, 0.6) is 0 Å². The Kier molecular flexibility index (Phi) is 5.64. The highest BCUT2D eigenvalue weighted by Gasteiger charge is 2.45. The van der Waals surface area contributed by atoms with Gasteiger partial charge >= 0.3 is 5.97 Å². The normalized spacial score (nSPS) is 19.2. The zero-order valence-corrected chi connectivity index (χ0v) is 14.9. The Bertz CT molecular complexity index is 835. The third-order valence-electron chi connectivity index (χ3n) is 4.83. The average Bonchev–Trinajstić information content (AvgIpc) is 2.98. The molecule has 1 aliphatic heterocycles. The molecule has 1 heterocycles. The van der Waals surface area contributed by atoms with E-state index in [0.717, 1.165) is 5.56 Å². The smallest absolute Gasteiger partial charge is 0.306 e. The first-order valence-corrected chi connectivity index (χ1v) is 8.69. The topological polar surface area (TPSA) is 63.7 Å². The van der Waals surface area contributed by atoms with Gasteiger partial charge in [-0.2, -0.15) is 0 Å². The summed E-state index contributed by atoms with van der Waals surface area (Å²) in [6.07, 6.45) is -0.155. The van der Waals surface area contributed by atoms with Gasteiger partial charge in [0, 0.05) is 18.7 Å². The van der Waals surface area contributed by atoms with Crippen molar-refractivity contribution in [3.05, 3.63) is 71.5 Å². The van der Waals surface area contributed by atoms with E-state index < -0.39 is 23.6 Å². The van der Waals surface area contributed by atoms with Crippen LogP contribution in [0.2, 0.25) is 0 Å². The fourth-order valence-electron chi connectivity index (χ4n) is 3.39. The van der Waals surface area contributed by atoms with Crippen molar-refractivity contribution in [2.24, 2.45) is 11.8 Å². The molecule has 1 saturated heterocycles. The third-order valence-corrected chi connectivity index (χ3v) is 4.83. The summed E-state index contributed by atoms with van der Waals surface area (Å²) in [4.78, 5) is 39.2. The van der Waals surface area contributed by atoms with Gasteiger partial charge in [-0.3, -0.25) is 14.4 Å². The summed E-state index contributed by atoms with van der Waals surface area (Å²) in [5.74, 6) is -2.94. The van der Waals surface area contributed by atoms with Gasteiger partial charge in [-0.25, -0.2) is 4.39 Å². The van der Waals surface area contributed by atoms with Crippen molar-refractivity contribution < 1.29 is 23.5 Å². The molecule has 2 aromatic rings. The van der Waals surface area contributed by atoms with Crippen LogP contribution < -0.4 is 0 Å². The molecule has 27 heavy (non-hydrogen) atoms. The summed E-state index contributed by atoms with van der Waals surface area (Å²) < 4.78 is 17.8. The highest BCUT2D eigenvalue weighted by molar-refractivity contribution is 6.03. The summed E-state index contributed by atoms with van der Waals surface area (Å²) in [7, 11) is 1.25. The van der Waals surface area contributed by atoms with Crippen LogP contribution in [0.25, 0.3) is 0 Å². The van der Waals surface area contributed by atoms with Crippen LogP contribution in [0.3, 0.4) is 0 Å². The van der Waals surface area contributed by atoms with Gasteiger partial charge < -0.3 is 9.64 Å². The fraction of sp³-hybridized carbons (Fsp3) is 0.286. The van der Waals surface area contributed by atoms with Crippen LogP contribution in [0.15, 0.2) is 54.6 Å². The molecule has 140 valence electrons. The molecule has 5 nitrogen and oxygen atoms in total. The van der Waals surface area contributed by atoms with Gasteiger partial charge in [0.05, 0.1) is 25.4 Å². The third kappa shape index (κ3) is 4.22. The van der Waals surface area contributed by atoms with Crippen molar-refractivity contribution in [2.45, 2.75) is 13.0 Å². The van der Waals surface area contributed by atoms with Crippen molar-refractivity contribution in [2.75, 3.05) is 13.7 Å². The van der Waals surface area contributed by atoms with Crippen LogP contribution in [-0.2, 0) is 20.9 Å². The average molecular weight is 369 g/mol. The van der Waals surface area contributed by atoms with Crippen LogP contribution >= 0.6 is 0 Å². The van der Waals surface area contributed by atoms with Gasteiger partial charge in [-0.1, -0.05) is 30.3 Å². The monoisotopic (exact) mass is 369 g/mol. The lowest BCUT2D eigenvalue weighted by molar-refractivity contribution is -0.145. The van der Waals surface area contributed by atoms with E-state index in [9.17, 15) is 18.8 Å². The molecule has 0 N–H and O–H groups in total. The maximum Gasteiger partial charge on any atom is 0.306 e. The van der Waals surface area contributed by atoms with Gasteiger partial charge in [0.1, 0.15) is 5.82 Å². The minimum absolute atomic E-state index is 0.155. The van der Waals surface area contributed by atoms with Crippen molar-refractivity contribution in [3.63, 3.8) is 0 Å². The number of carbonyl (C=O) groups excluding carboxylic acids is 3. The molecule has 0 spiro atoms. The maximum absolute atomic E-state index is 13.2. The number of hydrogen-bond donors (Lipinski definition) is 0. The fourth-order valence-corrected chi connectivity index (χ4v) is 3.39. The minimum atomic E-state index is -0.779. The van der Waals surface area contributed by atoms with Gasteiger partial charge in [0.25, 0.3) is 0 Å². The van der Waals surface area contributed by atoms with E-state index in [-0.39, 0.29) is 24.7 Å². The summed E-state index contributed by atoms with van der Waals surface area (Å²) >= 11 is 0. The first-order valence-electron chi connectivity index (χ1n) is 8.69. The first-order chi connectivity index (χ1) is 13.0. The number of likely N-dealkylation sites (tertiary alicyclic amines) is 1. The highest BCUT2D eigenvalue weighted by Crippen LogP contribution is 2.32. The number of hydrogen-bond acceptors (Lipinski definition) is 4. The number of nitrogens with zero attached hydrogens (tertiary/aromatic N) is 1. The number of carbonyl (C=O) groups is 3. The lowest BCUT2D eigenvalue weighted by Gasteiger charge is -2.16. The number of esters is 1. The minimum Gasteiger partial charge on any atom is -0.469 e. The lowest BCUT2D eigenvalue weighted by atomic mass is 9.86. The number of ether oxygens (including phenoxy) is 1. The zero-order valence-electron chi connectivity index (χ0n) is 14.9. The van der Waals surface area contributed by atoms with Crippen LogP contribution in [0.4, 0.5) is 4.39 Å². The number of rotatable bonds is 6. The molecule has 0 bridgehead atoms. The molecule has 0 saturated carbocycles. The molecule has 0 unspecified atom stereocenters. The van der Waals surface area contributed by atoms with E-state index in [1.54, 1.807) is 4.90 Å². The number of Topliss-reactive ketones (excluding diaryl/α,β-unsaturated/α-hetero) is 1. The summed E-state index contributed by atoms with van der Waals surface area (Å²) in [5.41, 5.74) is 1.27. The number of benzene rings is 2. The van der Waals surface area contributed by atoms with Crippen molar-refractivity contribution in [3.8, 4) is 0 Å². The molecule has 6 heteroatoms. The molecule has 1 amide bonds. The number of ketones is 1. The molecule has 2 aromatic carbocycles. The Morgan fingerprint density at radius 2 is 1.78 bits per heavy atom. The number of methoxy groups -OCH3 is 1. The van der Waals surface area contributed by atoms with E-state index in [1.807, 2.05) is 30.3 Å². The standard InChI is InChI=1S/C21H20FNO4/c1-27-19(24)11-17-18(20(25)15-7-9-16(22)10-8-15)13-23(21(17)26)12-14-5-3-2-4-6-14/h2-10,17-18H,11-13H2,1H3/t17-,18+/m0/s1. The molecule has 2 atom stereocenters. The van der Waals surface area contributed by atoms with Gasteiger partial charge in [0.2, 0.25) is 5.91 Å². The second kappa shape index (κ2) is 8.12. The number of amides is 1. The Balaban J connectivity index is 1.84.